The van der Waals surface area contributed by atoms with Gasteiger partial charge in [-0.3, -0.25) is 0 Å². The predicted octanol–water partition coefficient (Wildman–Crippen LogP) is 16.9. The minimum Gasteiger partial charge on any atom is -0.456 e. The van der Waals surface area contributed by atoms with E-state index in [4.69, 9.17) is 8.83 Å². The Labute approximate surface area is 343 Å². The zero-order valence-corrected chi connectivity index (χ0v) is 32.3. The Kier molecular flexibility index (Phi) is 6.32. The van der Waals surface area contributed by atoms with Gasteiger partial charge in [0.05, 0.1) is 0 Å². The van der Waals surface area contributed by atoms with Crippen LogP contribution in [0.5, 0.6) is 0 Å². The zero-order valence-electron chi connectivity index (χ0n) is 32.3. The summed E-state index contributed by atoms with van der Waals surface area (Å²) < 4.78 is 13.3. The van der Waals surface area contributed by atoms with Crippen LogP contribution in [0.4, 0.5) is 0 Å². The lowest BCUT2D eigenvalue weighted by Gasteiger charge is -2.17. The first-order chi connectivity index (χ1) is 29.7. The fourth-order valence-electron chi connectivity index (χ4n) is 10.4. The van der Waals surface area contributed by atoms with E-state index in [0.717, 1.165) is 49.4 Å². The molecule has 2 heteroatoms. The third-order valence-corrected chi connectivity index (χ3v) is 13.1. The van der Waals surface area contributed by atoms with Gasteiger partial charge in [0.15, 0.2) is 0 Å². The highest BCUT2D eigenvalue weighted by Gasteiger charge is 2.20. The summed E-state index contributed by atoms with van der Waals surface area (Å²) in [5.41, 5.74) is 8.35. The Morgan fingerprint density at radius 2 is 0.583 bits per heavy atom. The molecule has 0 saturated heterocycles. The van der Waals surface area contributed by atoms with E-state index in [0.29, 0.717) is 0 Å². The molecule has 0 fully saturated rings. The Bertz CT molecular complexity index is 4120. The van der Waals surface area contributed by atoms with Crippen LogP contribution in [0.25, 0.3) is 142 Å². The quantitative estimate of drug-likeness (QED) is 0.130. The standard InChI is InChI=1S/C58H32O2/c1-2-12-34-26-47-46(25-33(34)11-1)39-15-5-6-16-40(39)49-32-56-52(31-48(47)49)41-23-21-38(30-54(41)60-56)58-44-19-9-7-17-42(44)57(43-18-8-10-20-45(43)58)37-22-24-53-50(28-37)51-27-35-13-3-4-14-36(35)29-55(51)59-53/h1-32H. The molecule has 14 rings (SSSR count). The Hall–Kier alpha value is -7.94. The molecule has 2 aromatic heterocycles. The van der Waals surface area contributed by atoms with Gasteiger partial charge >= 0.3 is 0 Å². The number of fused-ring (bicyclic) bond motifs is 16. The summed E-state index contributed by atoms with van der Waals surface area (Å²) in [5.74, 6) is 0. The molecule has 0 aliphatic carbocycles. The second-order valence-corrected chi connectivity index (χ2v) is 16.3. The van der Waals surface area contributed by atoms with E-state index >= 15 is 0 Å². The first-order valence-electron chi connectivity index (χ1n) is 20.6. The number of rotatable bonds is 2. The lowest BCUT2D eigenvalue weighted by Crippen LogP contribution is -1.90. The molecule has 12 aromatic carbocycles. The summed E-state index contributed by atoms with van der Waals surface area (Å²) in [6.45, 7) is 0. The summed E-state index contributed by atoms with van der Waals surface area (Å²) >= 11 is 0. The molecule has 2 heterocycles. The van der Waals surface area contributed by atoms with Crippen LogP contribution in [0.1, 0.15) is 0 Å². The van der Waals surface area contributed by atoms with Gasteiger partial charge in [-0.25, -0.2) is 0 Å². The first kappa shape index (κ1) is 32.1. The Morgan fingerprint density at radius 1 is 0.200 bits per heavy atom. The van der Waals surface area contributed by atoms with Crippen molar-refractivity contribution >= 4 is 119 Å². The molecule has 0 aliphatic rings. The van der Waals surface area contributed by atoms with E-state index in [1.54, 1.807) is 0 Å². The van der Waals surface area contributed by atoms with Gasteiger partial charge in [0.25, 0.3) is 0 Å². The maximum absolute atomic E-state index is 6.86. The van der Waals surface area contributed by atoms with Gasteiger partial charge < -0.3 is 8.83 Å². The van der Waals surface area contributed by atoms with Crippen molar-refractivity contribution < 1.29 is 8.83 Å². The van der Waals surface area contributed by atoms with Crippen LogP contribution in [0.2, 0.25) is 0 Å². The van der Waals surface area contributed by atoms with Gasteiger partial charge in [-0.2, -0.15) is 0 Å². The topological polar surface area (TPSA) is 26.3 Å². The molecular weight excluding hydrogens is 729 g/mol. The van der Waals surface area contributed by atoms with Crippen molar-refractivity contribution in [3.63, 3.8) is 0 Å². The van der Waals surface area contributed by atoms with E-state index in [-0.39, 0.29) is 0 Å². The van der Waals surface area contributed by atoms with Crippen molar-refractivity contribution in [3.05, 3.63) is 194 Å². The molecule has 2 nitrogen and oxygen atoms in total. The highest BCUT2D eigenvalue weighted by atomic mass is 16.3. The summed E-state index contributed by atoms with van der Waals surface area (Å²) in [6, 6.07) is 70.9. The van der Waals surface area contributed by atoms with Gasteiger partial charge in [-0.05, 0) is 158 Å². The van der Waals surface area contributed by atoms with E-state index in [2.05, 4.69) is 194 Å². The van der Waals surface area contributed by atoms with Crippen LogP contribution in [0.15, 0.2) is 203 Å². The minimum absolute atomic E-state index is 0.888. The number of furan rings is 2. The van der Waals surface area contributed by atoms with Gasteiger partial charge in [0.2, 0.25) is 0 Å². The van der Waals surface area contributed by atoms with Crippen molar-refractivity contribution in [2.75, 3.05) is 0 Å². The second-order valence-electron chi connectivity index (χ2n) is 16.3. The lowest BCUT2D eigenvalue weighted by molar-refractivity contribution is 0.669. The van der Waals surface area contributed by atoms with Gasteiger partial charge in [0, 0.05) is 21.5 Å². The maximum Gasteiger partial charge on any atom is 0.136 e. The Balaban J connectivity index is 0.994. The molecule has 0 N–H and O–H groups in total. The first-order valence-corrected chi connectivity index (χ1v) is 20.6. The summed E-state index contributed by atoms with van der Waals surface area (Å²) in [5, 5.41) is 21.8. The Morgan fingerprint density at radius 3 is 1.20 bits per heavy atom. The predicted molar refractivity (Wildman–Crippen MR) is 254 cm³/mol. The maximum atomic E-state index is 6.86. The van der Waals surface area contributed by atoms with E-state index in [1.165, 1.54) is 92.1 Å². The average molecular weight is 761 g/mol. The third kappa shape index (κ3) is 4.42. The largest absolute Gasteiger partial charge is 0.456 e. The van der Waals surface area contributed by atoms with Crippen molar-refractivity contribution in [1.82, 2.24) is 0 Å². The van der Waals surface area contributed by atoms with Crippen LogP contribution in [-0.4, -0.2) is 0 Å². The summed E-state index contributed by atoms with van der Waals surface area (Å²) in [6.07, 6.45) is 0. The van der Waals surface area contributed by atoms with Crippen molar-refractivity contribution in [2.45, 2.75) is 0 Å². The molecule has 0 bridgehead atoms. The normalized spacial score (nSPS) is 12.3. The van der Waals surface area contributed by atoms with Crippen molar-refractivity contribution in [3.8, 4) is 22.3 Å². The molecule has 60 heavy (non-hydrogen) atoms. The molecule has 14 aromatic rings. The third-order valence-electron chi connectivity index (χ3n) is 13.1. The van der Waals surface area contributed by atoms with Crippen molar-refractivity contribution in [1.29, 1.82) is 0 Å². The fraction of sp³-hybridized carbons (Fsp3) is 0. The highest BCUT2D eigenvalue weighted by molar-refractivity contribution is 6.30. The number of hydrogen-bond donors (Lipinski definition) is 0. The molecule has 0 radical (unpaired) electrons. The lowest BCUT2D eigenvalue weighted by atomic mass is 9.85. The van der Waals surface area contributed by atoms with Crippen LogP contribution in [-0.2, 0) is 0 Å². The molecule has 0 aliphatic heterocycles. The van der Waals surface area contributed by atoms with Crippen LogP contribution in [0, 0.1) is 0 Å². The molecule has 0 unspecified atom stereocenters. The summed E-state index contributed by atoms with van der Waals surface area (Å²) in [7, 11) is 0. The number of hydrogen-bond acceptors (Lipinski definition) is 2. The second kappa shape index (κ2) is 11.8. The highest BCUT2D eigenvalue weighted by Crippen LogP contribution is 2.47. The van der Waals surface area contributed by atoms with Crippen LogP contribution in [0.3, 0.4) is 0 Å². The molecule has 0 amide bonds. The molecule has 0 spiro atoms. The van der Waals surface area contributed by atoms with Crippen LogP contribution >= 0.6 is 0 Å². The molecule has 0 saturated carbocycles. The van der Waals surface area contributed by atoms with Crippen LogP contribution < -0.4 is 0 Å². The van der Waals surface area contributed by atoms with Gasteiger partial charge in [0.1, 0.15) is 22.3 Å². The van der Waals surface area contributed by atoms with E-state index in [9.17, 15) is 0 Å². The van der Waals surface area contributed by atoms with E-state index < -0.39 is 0 Å². The molecule has 0 atom stereocenters. The average Bonchev–Trinajstić information content (AvgIpc) is 3.85. The monoisotopic (exact) mass is 760 g/mol. The smallest absolute Gasteiger partial charge is 0.136 e. The van der Waals surface area contributed by atoms with E-state index in [1.807, 2.05) is 0 Å². The fourth-order valence-corrected chi connectivity index (χ4v) is 10.4. The molecule has 276 valence electrons. The number of benzene rings is 12. The SMILES string of the molecule is c1ccc2cc3c(cc2c1)oc1ccc(-c2c4ccccc4c(-c4ccc5c(c4)oc4cc6c7ccccc7c7cc8ccccc8cc7c6cc45)c4ccccc24)cc13. The van der Waals surface area contributed by atoms with Gasteiger partial charge in [-0.1, -0.05) is 133 Å². The van der Waals surface area contributed by atoms with Gasteiger partial charge in [-0.15, -0.1) is 0 Å². The summed E-state index contributed by atoms with van der Waals surface area (Å²) in [4.78, 5) is 0. The van der Waals surface area contributed by atoms with Crippen molar-refractivity contribution in [2.24, 2.45) is 0 Å². The zero-order chi connectivity index (χ0) is 39.1. The minimum atomic E-state index is 0.888. The molecular formula is C58H32O2.